The predicted octanol–water partition coefficient (Wildman–Crippen LogP) is 6.89. The van der Waals surface area contributed by atoms with Crippen LogP contribution in [0.15, 0.2) is 48.5 Å². The molecule has 0 aromatic heterocycles. The number of ether oxygens (including phenoxy) is 2. The molecule has 0 radical (unpaired) electrons. The number of hydrogen-bond donors (Lipinski definition) is 3. The minimum absolute atomic E-state index is 0.0266. The van der Waals surface area contributed by atoms with Gasteiger partial charge in [-0.2, -0.15) is 12.6 Å². The van der Waals surface area contributed by atoms with Crippen molar-refractivity contribution < 1.29 is 28.7 Å². The van der Waals surface area contributed by atoms with Crippen molar-refractivity contribution in [2.24, 2.45) is 5.92 Å². The van der Waals surface area contributed by atoms with Crippen LogP contribution in [0, 0.1) is 19.8 Å². The van der Waals surface area contributed by atoms with Gasteiger partial charge in [-0.1, -0.05) is 73.5 Å². The van der Waals surface area contributed by atoms with Crippen molar-refractivity contribution in [3.05, 3.63) is 70.8 Å². The molecule has 2 rings (SSSR count). The van der Waals surface area contributed by atoms with Crippen LogP contribution >= 0.6 is 12.6 Å². The van der Waals surface area contributed by atoms with E-state index in [4.69, 9.17) is 9.47 Å². The average Bonchev–Trinajstić information content (AvgIpc) is 2.94. The monoisotopic (exact) mass is 683 g/mol. The second-order valence-electron chi connectivity index (χ2n) is 15.1. The number of benzene rings is 2. The van der Waals surface area contributed by atoms with E-state index in [9.17, 15) is 19.2 Å². The van der Waals surface area contributed by atoms with Gasteiger partial charge < -0.3 is 25.0 Å². The van der Waals surface area contributed by atoms with E-state index in [1.165, 1.54) is 0 Å². The Balaban J connectivity index is 2.70. The minimum atomic E-state index is -1.14. The lowest BCUT2D eigenvalue weighted by molar-refractivity contribution is -0.159. The number of aryl methyl sites for hydroxylation is 2. The highest BCUT2D eigenvalue weighted by Crippen LogP contribution is 2.29. The summed E-state index contributed by atoms with van der Waals surface area (Å²) < 4.78 is 11.2. The number of hydrogen-bond acceptors (Lipinski definition) is 7. The van der Waals surface area contributed by atoms with Crippen molar-refractivity contribution in [2.45, 2.75) is 131 Å². The third-order valence-electron chi connectivity index (χ3n) is 7.44. The molecule has 2 N–H and O–H groups in total. The summed E-state index contributed by atoms with van der Waals surface area (Å²) in [6.45, 7) is 20.5. The molecule has 2 aromatic carbocycles. The molecule has 2 aromatic rings. The second-order valence-corrected chi connectivity index (χ2v) is 15.4. The maximum Gasteiger partial charge on any atom is 0.408 e. The lowest BCUT2D eigenvalue weighted by Crippen LogP contribution is -2.57. The zero-order chi connectivity index (χ0) is 36.4. The molecule has 0 bridgehead atoms. The normalized spacial score (nSPS) is 14.4. The summed E-state index contributed by atoms with van der Waals surface area (Å²) >= 11 is 4.43. The summed E-state index contributed by atoms with van der Waals surface area (Å²) in [6, 6.07) is 11.5. The van der Waals surface area contributed by atoms with Crippen molar-refractivity contribution in [2.75, 3.05) is 5.75 Å². The molecule has 266 valence electrons. The Morgan fingerprint density at radius 2 is 1.35 bits per heavy atom. The fraction of sp³-hybridized carbons (Fsp3) is 0.579. The maximum atomic E-state index is 14.7. The molecule has 0 heterocycles. The molecule has 0 fully saturated rings. The smallest absolute Gasteiger partial charge is 0.408 e. The molecule has 0 aliphatic heterocycles. The Hall–Kier alpha value is -3.53. The molecule has 4 atom stereocenters. The summed E-state index contributed by atoms with van der Waals surface area (Å²) in [5.74, 6) is -1.28. The second kappa shape index (κ2) is 17.7. The Kier molecular flexibility index (Phi) is 15.0. The summed E-state index contributed by atoms with van der Waals surface area (Å²) in [5.41, 5.74) is 1.69. The summed E-state index contributed by atoms with van der Waals surface area (Å²) in [7, 11) is 0. The van der Waals surface area contributed by atoms with Gasteiger partial charge in [0.05, 0.1) is 0 Å². The van der Waals surface area contributed by atoms with Crippen LogP contribution in [-0.2, 0) is 30.3 Å². The number of amides is 3. The van der Waals surface area contributed by atoms with E-state index in [0.29, 0.717) is 17.9 Å². The first kappa shape index (κ1) is 40.6. The van der Waals surface area contributed by atoms with Gasteiger partial charge in [-0.15, -0.1) is 0 Å². The van der Waals surface area contributed by atoms with Crippen LogP contribution in [0.3, 0.4) is 0 Å². The zero-order valence-electron chi connectivity index (χ0n) is 30.7. The number of thiol groups is 1. The molecule has 0 saturated heterocycles. The highest BCUT2D eigenvalue weighted by atomic mass is 32.1. The van der Waals surface area contributed by atoms with E-state index in [2.05, 4.69) is 37.1 Å². The third-order valence-corrected chi connectivity index (χ3v) is 7.80. The molecule has 48 heavy (non-hydrogen) atoms. The van der Waals surface area contributed by atoms with E-state index >= 15 is 0 Å². The van der Waals surface area contributed by atoms with Crippen LogP contribution in [0.5, 0.6) is 0 Å². The van der Waals surface area contributed by atoms with Crippen LogP contribution < -0.4 is 10.6 Å². The number of alkyl carbamates (subject to hydrolysis) is 1. The van der Waals surface area contributed by atoms with Crippen LogP contribution in [0.2, 0.25) is 0 Å². The molecule has 4 unspecified atom stereocenters. The minimum Gasteiger partial charge on any atom is -0.458 e. The van der Waals surface area contributed by atoms with Gasteiger partial charge in [-0.05, 0) is 92.2 Å². The third kappa shape index (κ3) is 13.5. The van der Waals surface area contributed by atoms with Crippen molar-refractivity contribution in [1.29, 1.82) is 0 Å². The number of carbonyl (C=O) groups is 4. The molecular weight excluding hydrogens is 626 g/mol. The Bertz CT molecular complexity index is 1360. The van der Waals surface area contributed by atoms with Gasteiger partial charge in [-0.25, -0.2) is 9.59 Å². The van der Waals surface area contributed by atoms with Gasteiger partial charge in [0, 0.05) is 18.2 Å². The van der Waals surface area contributed by atoms with E-state index in [1.54, 1.807) is 46.4 Å². The molecule has 0 aliphatic rings. The van der Waals surface area contributed by atoms with Gasteiger partial charge in [-0.3, -0.25) is 9.59 Å². The quantitative estimate of drug-likeness (QED) is 0.148. The summed E-state index contributed by atoms with van der Waals surface area (Å²) in [6.07, 6.45) is 0.830. The number of rotatable bonds is 14. The average molecular weight is 684 g/mol. The highest BCUT2D eigenvalue weighted by Gasteiger charge is 2.40. The van der Waals surface area contributed by atoms with Gasteiger partial charge in [0.1, 0.15) is 29.3 Å². The fourth-order valence-electron chi connectivity index (χ4n) is 5.40. The Morgan fingerprint density at radius 3 is 1.85 bits per heavy atom. The number of carbonyl (C=O) groups excluding carboxylic acids is 4. The molecule has 9 nitrogen and oxygen atoms in total. The largest absolute Gasteiger partial charge is 0.458 e. The van der Waals surface area contributed by atoms with Crippen molar-refractivity contribution in [1.82, 2.24) is 15.5 Å². The number of nitrogens with one attached hydrogen (secondary N) is 2. The highest BCUT2D eigenvalue weighted by molar-refractivity contribution is 7.80. The molecule has 0 saturated carbocycles. The molecule has 0 spiro atoms. The topological polar surface area (TPSA) is 114 Å². The van der Waals surface area contributed by atoms with Gasteiger partial charge in [0.15, 0.2) is 0 Å². The first-order valence-corrected chi connectivity index (χ1v) is 17.4. The van der Waals surface area contributed by atoms with E-state index < -0.39 is 59.2 Å². The van der Waals surface area contributed by atoms with Crippen molar-refractivity contribution in [3.8, 4) is 0 Å². The number of nitrogens with zero attached hydrogens (tertiary/aromatic N) is 1. The summed E-state index contributed by atoms with van der Waals surface area (Å²) in [5, 5.41) is 5.64. The van der Waals surface area contributed by atoms with E-state index in [1.807, 2.05) is 69.3 Å². The SMILES string of the molecule is Cc1cc(C)cc(C(C(=O)NC(Cc2ccccc2)C(=O)OC(C)(C)C)N(C(=O)C(CS)NC(=O)OC(C)(C)C)C(C)CCC(C)C)c1. The first-order valence-electron chi connectivity index (χ1n) is 16.8. The molecular formula is C38H57N3O6S. The van der Waals surface area contributed by atoms with E-state index in [-0.39, 0.29) is 12.2 Å². The lowest BCUT2D eigenvalue weighted by atomic mass is 9.94. The summed E-state index contributed by atoms with van der Waals surface area (Å²) in [4.78, 5) is 57.3. The van der Waals surface area contributed by atoms with E-state index in [0.717, 1.165) is 23.1 Å². The predicted molar refractivity (Wildman–Crippen MR) is 194 cm³/mol. The van der Waals surface area contributed by atoms with Gasteiger partial charge in [0.2, 0.25) is 11.8 Å². The lowest BCUT2D eigenvalue weighted by Gasteiger charge is -2.39. The molecule has 10 heteroatoms. The first-order chi connectivity index (χ1) is 22.2. The van der Waals surface area contributed by atoms with Gasteiger partial charge >= 0.3 is 12.1 Å². The standard InChI is InChI=1S/C38H57N3O6S/c1-24(2)17-18-27(5)41(34(43)31(23-48)40-36(45)47-38(9,10)11)32(29-20-25(3)19-26(4)21-29)33(42)39-30(35(44)46-37(6,7)8)22-28-15-13-12-14-16-28/h12-16,19-21,24,27,30-32,48H,17-18,22-23H2,1-11H3,(H,39,42)(H,40,45). The zero-order valence-corrected chi connectivity index (χ0v) is 31.6. The number of esters is 1. The Morgan fingerprint density at radius 1 is 0.792 bits per heavy atom. The van der Waals surface area contributed by atoms with Crippen LogP contribution in [-0.4, -0.2) is 63.9 Å². The maximum absolute atomic E-state index is 14.7. The van der Waals surface area contributed by atoms with Gasteiger partial charge in [0.25, 0.3) is 0 Å². The van der Waals surface area contributed by atoms with Crippen LogP contribution in [0.4, 0.5) is 4.79 Å². The van der Waals surface area contributed by atoms with Crippen molar-refractivity contribution in [3.63, 3.8) is 0 Å². The van der Waals surface area contributed by atoms with Crippen LogP contribution in [0.1, 0.15) is 103 Å². The molecule has 0 aliphatic carbocycles. The Labute approximate surface area is 293 Å². The fourth-order valence-corrected chi connectivity index (χ4v) is 5.65. The molecule has 3 amide bonds. The van der Waals surface area contributed by atoms with Crippen LogP contribution in [0.25, 0.3) is 0 Å². The van der Waals surface area contributed by atoms with Crippen molar-refractivity contribution >= 4 is 36.5 Å².